The van der Waals surface area contributed by atoms with Crippen molar-refractivity contribution in [1.29, 1.82) is 0 Å². The molecule has 9 aromatic carbocycles. The molecule has 0 unspecified atom stereocenters. The predicted octanol–water partition coefficient (Wildman–Crippen LogP) is 10.9. The molecular weight excluding hydrogens is 1200 g/mol. The van der Waals surface area contributed by atoms with Crippen LogP contribution in [-0.4, -0.2) is 82.1 Å². The Morgan fingerprint density at radius 2 is 0.473 bits per heavy atom. The summed E-state index contributed by atoms with van der Waals surface area (Å²) in [6.45, 7) is 0. The van der Waals surface area contributed by atoms with E-state index in [-0.39, 0.29) is 135 Å². The van der Waals surface area contributed by atoms with Crippen molar-refractivity contribution >= 4 is 121 Å². The van der Waals surface area contributed by atoms with E-state index >= 15 is 0 Å². The first-order valence-corrected chi connectivity index (χ1v) is 27.6. The van der Waals surface area contributed by atoms with Crippen molar-refractivity contribution in [3.8, 4) is 0 Å². The van der Waals surface area contributed by atoms with Gasteiger partial charge in [-0.2, -0.15) is 15.0 Å². The highest BCUT2D eigenvalue weighted by Gasteiger charge is 2.39. The molecule has 10 aromatic rings. The number of fused-ring (bicyclic) bond motifs is 6. The number of nitro groups is 3. The van der Waals surface area contributed by atoms with Crippen LogP contribution in [-0.2, 0) is 0 Å². The summed E-state index contributed by atoms with van der Waals surface area (Å²) < 4.78 is 0. The zero-order chi connectivity index (χ0) is 65.1. The van der Waals surface area contributed by atoms with Gasteiger partial charge in [-0.3, -0.25) is 73.5 Å². The maximum Gasteiger partial charge on any atom is 0.269 e. The van der Waals surface area contributed by atoms with Gasteiger partial charge in [0.05, 0.1) is 82.3 Å². The lowest BCUT2D eigenvalue weighted by atomic mass is 9.82. The first-order chi connectivity index (χ1) is 44.8. The molecule has 450 valence electrons. The van der Waals surface area contributed by atoms with E-state index in [4.69, 9.17) is 0 Å². The van der Waals surface area contributed by atoms with E-state index in [0.29, 0.717) is 0 Å². The summed E-state index contributed by atoms with van der Waals surface area (Å²) in [6, 6.07) is 39.6. The third-order valence-corrected chi connectivity index (χ3v) is 15.4. The number of hydrogen-bond donors (Lipinski definition) is 6. The fourth-order valence-corrected chi connectivity index (χ4v) is 11.0. The SMILES string of the molecule is O=C(Nc1ccc(Nc2nc(Nc3ccc(NC(=O)c4ccc([N+](=O)[O-])cc4)c4c3C(=O)c3ccccc3C4=O)nc(Nc3ccc(NC(=O)c4ccc([N+](=O)[O-])cc4)c4c3C(=O)c3ccccc3C4=O)n2)c2c1C(=O)c1ccccc1C2=O)c1ccc([N+](=O)[O-])cc1. The van der Waals surface area contributed by atoms with Crippen LogP contribution in [0.2, 0.25) is 0 Å². The summed E-state index contributed by atoms with van der Waals surface area (Å²) >= 11 is 0. The fraction of sp³-hybridized carbons (Fsp3) is 0. The molecular formula is C66H36N12O15. The van der Waals surface area contributed by atoms with Crippen LogP contribution >= 0.6 is 0 Å². The van der Waals surface area contributed by atoms with Crippen LogP contribution in [0.1, 0.15) is 127 Å². The molecule has 93 heavy (non-hydrogen) atoms. The van der Waals surface area contributed by atoms with Gasteiger partial charge in [0, 0.05) is 86.5 Å². The van der Waals surface area contributed by atoms with Crippen LogP contribution in [0.4, 0.5) is 69.0 Å². The van der Waals surface area contributed by atoms with Gasteiger partial charge in [-0.25, -0.2) is 0 Å². The number of nitro benzene ring substituents is 3. The second-order valence-corrected chi connectivity index (χ2v) is 20.8. The average Bonchev–Trinajstić information content (AvgIpc) is 0.839. The number of aromatic nitrogens is 3. The Hall–Kier alpha value is -14.0. The van der Waals surface area contributed by atoms with Gasteiger partial charge in [-0.05, 0) is 72.8 Å². The summed E-state index contributed by atoms with van der Waals surface area (Å²) in [5, 5.41) is 51.1. The Morgan fingerprint density at radius 3 is 0.677 bits per heavy atom. The van der Waals surface area contributed by atoms with Crippen molar-refractivity contribution < 1.29 is 57.9 Å². The lowest BCUT2D eigenvalue weighted by Gasteiger charge is -2.24. The summed E-state index contributed by atoms with van der Waals surface area (Å²) in [5.74, 6) is -7.88. The molecule has 3 aliphatic carbocycles. The molecule has 0 spiro atoms. The van der Waals surface area contributed by atoms with Gasteiger partial charge in [0.25, 0.3) is 34.8 Å². The highest BCUT2D eigenvalue weighted by molar-refractivity contribution is 6.35. The normalized spacial score (nSPS) is 12.4. The average molecular weight is 1240 g/mol. The quantitative estimate of drug-likeness (QED) is 0.0410. The lowest BCUT2D eigenvalue weighted by Crippen LogP contribution is -2.26. The molecule has 6 N–H and O–H groups in total. The fourth-order valence-electron chi connectivity index (χ4n) is 11.0. The molecule has 0 bridgehead atoms. The molecule has 0 saturated heterocycles. The van der Waals surface area contributed by atoms with Crippen molar-refractivity contribution in [2.75, 3.05) is 31.9 Å². The maximum absolute atomic E-state index is 14.8. The van der Waals surface area contributed by atoms with Crippen LogP contribution in [0.15, 0.2) is 182 Å². The highest BCUT2D eigenvalue weighted by atomic mass is 16.6. The zero-order valence-corrected chi connectivity index (χ0v) is 47.1. The van der Waals surface area contributed by atoms with E-state index in [1.807, 2.05) is 0 Å². The maximum atomic E-state index is 14.8. The molecule has 0 atom stereocenters. The number of non-ortho nitro benzene ring substituents is 3. The largest absolute Gasteiger partial charge is 0.323 e. The third-order valence-electron chi connectivity index (χ3n) is 15.4. The number of carbonyl (C=O) groups is 9. The van der Waals surface area contributed by atoms with Crippen molar-refractivity contribution in [2.45, 2.75) is 0 Å². The second kappa shape index (κ2) is 22.9. The predicted molar refractivity (Wildman–Crippen MR) is 332 cm³/mol. The summed E-state index contributed by atoms with van der Waals surface area (Å²) in [6.07, 6.45) is 0. The topological polar surface area (TPSA) is 394 Å². The summed E-state index contributed by atoms with van der Waals surface area (Å²) in [5.41, 5.74) is -3.55. The Kier molecular flexibility index (Phi) is 14.3. The molecule has 3 aliphatic rings. The Balaban J connectivity index is 0.944. The van der Waals surface area contributed by atoms with E-state index in [2.05, 4.69) is 46.9 Å². The Morgan fingerprint density at radius 1 is 0.280 bits per heavy atom. The van der Waals surface area contributed by atoms with E-state index in [0.717, 1.165) is 36.4 Å². The Bertz CT molecular complexity index is 4580. The minimum Gasteiger partial charge on any atom is -0.323 e. The number of benzene rings is 9. The van der Waals surface area contributed by atoms with E-state index < -0.39 is 85.0 Å². The molecule has 0 fully saturated rings. The second-order valence-electron chi connectivity index (χ2n) is 20.8. The van der Waals surface area contributed by atoms with Crippen LogP contribution in [0, 0.1) is 30.3 Å². The third kappa shape index (κ3) is 10.4. The van der Waals surface area contributed by atoms with E-state index in [1.165, 1.54) is 146 Å². The number of nitrogens with one attached hydrogen (secondary N) is 6. The molecule has 3 amide bonds. The van der Waals surface area contributed by atoms with Crippen molar-refractivity contribution in [1.82, 2.24) is 15.0 Å². The van der Waals surface area contributed by atoms with Gasteiger partial charge in [-0.15, -0.1) is 0 Å². The van der Waals surface area contributed by atoms with Crippen LogP contribution in [0.5, 0.6) is 0 Å². The van der Waals surface area contributed by atoms with Gasteiger partial charge in [0.1, 0.15) is 0 Å². The summed E-state index contributed by atoms with van der Waals surface area (Å²) in [7, 11) is 0. The smallest absolute Gasteiger partial charge is 0.269 e. The zero-order valence-electron chi connectivity index (χ0n) is 47.1. The summed E-state index contributed by atoms with van der Waals surface area (Å²) in [4.78, 5) is 176. The number of amides is 3. The first-order valence-electron chi connectivity index (χ1n) is 27.6. The number of hydrogen-bond acceptors (Lipinski definition) is 21. The first kappa shape index (κ1) is 58.1. The molecule has 27 heteroatoms. The van der Waals surface area contributed by atoms with Gasteiger partial charge >= 0.3 is 0 Å². The molecule has 13 rings (SSSR count). The van der Waals surface area contributed by atoms with Gasteiger partial charge in [0.15, 0.2) is 34.7 Å². The molecule has 1 heterocycles. The number of nitrogens with zero attached hydrogens (tertiary/aromatic N) is 6. The Labute approximate surface area is 520 Å². The molecule has 0 aliphatic heterocycles. The number of rotatable bonds is 15. The van der Waals surface area contributed by atoms with E-state index in [9.17, 15) is 73.5 Å². The minimum atomic E-state index is -0.799. The van der Waals surface area contributed by atoms with Crippen LogP contribution in [0.3, 0.4) is 0 Å². The minimum absolute atomic E-state index is 0.0112. The number of carbonyl (C=O) groups excluding carboxylic acids is 9. The van der Waals surface area contributed by atoms with Gasteiger partial charge < -0.3 is 31.9 Å². The standard InChI is InChI=1S/C66H36N12O15/c79-55-37-7-1-4-10-40(37)58(82)52-46(28-25-43(49(52)55)67-61(85)31-13-19-34(20-14-31)76(88)89)70-64-73-65(71-47-29-26-44(68-62(86)32-15-21-35(22-16-32)77(90)91)50-53(47)59(83)41-11-5-2-8-38(41)56(50)80)75-66(74-64)72-48-30-27-45(69-63(87)33-17-23-36(24-18-33)78(92)93)51-54(48)60(84)42-12-6-3-9-39(42)57(51)81/h1-30H,(H,67,85)(H,68,86)(H,69,87)(H3,70,71,72,73,74,75). The van der Waals surface area contributed by atoms with Gasteiger partial charge in [0.2, 0.25) is 17.8 Å². The lowest BCUT2D eigenvalue weighted by molar-refractivity contribution is -0.385. The van der Waals surface area contributed by atoms with Crippen molar-refractivity contribution in [3.63, 3.8) is 0 Å². The number of ketones is 6. The molecule has 0 saturated carbocycles. The van der Waals surface area contributed by atoms with Crippen LogP contribution in [0.25, 0.3) is 0 Å². The van der Waals surface area contributed by atoms with Gasteiger partial charge in [-0.1, -0.05) is 72.8 Å². The molecule has 0 radical (unpaired) electrons. The van der Waals surface area contributed by atoms with Crippen molar-refractivity contribution in [2.24, 2.45) is 0 Å². The molecule has 1 aromatic heterocycles. The monoisotopic (exact) mass is 1240 g/mol. The van der Waals surface area contributed by atoms with E-state index in [1.54, 1.807) is 0 Å². The number of anilines is 9. The highest BCUT2D eigenvalue weighted by Crippen LogP contribution is 2.42. The molecule has 27 nitrogen and oxygen atoms in total. The van der Waals surface area contributed by atoms with Crippen LogP contribution < -0.4 is 31.9 Å². The van der Waals surface area contributed by atoms with Crippen molar-refractivity contribution in [3.05, 3.63) is 296 Å².